The number of methoxy groups -OCH3 is 1. The van der Waals surface area contributed by atoms with Gasteiger partial charge in [-0.15, -0.1) is 0 Å². The fourth-order valence-electron chi connectivity index (χ4n) is 2.65. The average molecular weight is 402 g/mol. The summed E-state index contributed by atoms with van der Waals surface area (Å²) in [4.78, 5) is 13.0. The average Bonchev–Trinajstić information content (AvgIpc) is 3.21. The Balaban J connectivity index is 1.30. The Labute approximate surface area is 172 Å². The second-order valence-electron chi connectivity index (χ2n) is 5.99. The Morgan fingerprint density at radius 2 is 1.86 bits per heavy atom. The summed E-state index contributed by atoms with van der Waals surface area (Å²) in [5, 5.41) is 6.76. The minimum absolute atomic E-state index is 0.560. The van der Waals surface area contributed by atoms with Gasteiger partial charge in [-0.05, 0) is 42.3 Å². The number of fused-ring (bicyclic) bond motifs is 1. The summed E-state index contributed by atoms with van der Waals surface area (Å²) in [7, 11) is 1.63. The molecule has 0 aliphatic rings. The number of nitrogens with one attached hydrogen (secondary N) is 1. The van der Waals surface area contributed by atoms with Gasteiger partial charge in [0.05, 0.1) is 12.6 Å². The highest BCUT2D eigenvalue weighted by atomic mass is 32.1. The van der Waals surface area contributed by atoms with E-state index in [9.17, 15) is 0 Å². The molecule has 0 atom stereocenters. The van der Waals surface area contributed by atoms with Crippen LogP contribution in [-0.4, -0.2) is 28.6 Å². The maximum atomic E-state index is 5.74. The number of ether oxygens (including phenoxy) is 2. The lowest BCUT2D eigenvalue weighted by Gasteiger charge is -2.05. The molecule has 4 aromatic rings. The summed E-state index contributed by atoms with van der Waals surface area (Å²) in [6.07, 6.45) is 2.24. The molecule has 0 amide bonds. The number of hydrogen-bond donors (Lipinski definition) is 1. The van der Waals surface area contributed by atoms with Gasteiger partial charge in [0.1, 0.15) is 29.3 Å². The normalized spacial score (nSPS) is 10.2. The molecule has 1 N–H and O–H groups in total. The summed E-state index contributed by atoms with van der Waals surface area (Å²) < 4.78 is 10.9. The smallest absolute Gasteiger partial charge is 0.279 e. The van der Waals surface area contributed by atoms with Crippen LogP contribution < -0.4 is 14.8 Å². The van der Waals surface area contributed by atoms with Crippen LogP contribution in [0.4, 0.5) is 5.82 Å². The van der Waals surface area contributed by atoms with Gasteiger partial charge in [0, 0.05) is 23.7 Å². The first kappa shape index (κ1) is 18.7. The van der Waals surface area contributed by atoms with Crippen molar-refractivity contribution < 1.29 is 9.47 Å². The predicted octanol–water partition coefficient (Wildman–Crippen LogP) is 4.74. The Bertz CT molecular complexity index is 1160. The standard InChI is InChI=1S/C22H18N4O2S/c1-27-17-9-11-18(12-10-17)28-22-26-16(14-29-22)6-4-5-13-23-21-19-7-2-3-8-20(19)24-15-25-21/h2-3,7-12,14-15H,5,13H2,1H3,(H,23,24,25). The molecular formula is C22H18N4O2S. The molecule has 0 saturated heterocycles. The molecule has 29 heavy (non-hydrogen) atoms. The van der Waals surface area contributed by atoms with Crippen molar-refractivity contribution in [2.45, 2.75) is 6.42 Å². The van der Waals surface area contributed by atoms with Crippen LogP contribution in [0.1, 0.15) is 12.1 Å². The van der Waals surface area contributed by atoms with Crippen LogP contribution in [0.15, 0.2) is 60.2 Å². The molecule has 4 rings (SSSR count). The highest BCUT2D eigenvalue weighted by Crippen LogP contribution is 2.26. The molecule has 0 aliphatic heterocycles. The number of para-hydroxylation sites is 1. The van der Waals surface area contributed by atoms with Crippen molar-refractivity contribution in [1.29, 1.82) is 0 Å². The molecule has 2 aromatic carbocycles. The first-order valence-electron chi connectivity index (χ1n) is 9.02. The predicted molar refractivity (Wildman–Crippen MR) is 115 cm³/mol. The molecule has 7 heteroatoms. The van der Waals surface area contributed by atoms with Crippen molar-refractivity contribution in [3.8, 4) is 28.5 Å². The number of rotatable bonds is 6. The van der Waals surface area contributed by atoms with Crippen LogP contribution in [0, 0.1) is 11.8 Å². The van der Waals surface area contributed by atoms with E-state index in [4.69, 9.17) is 9.47 Å². The lowest BCUT2D eigenvalue weighted by molar-refractivity contribution is 0.412. The van der Waals surface area contributed by atoms with Crippen LogP contribution >= 0.6 is 11.3 Å². The van der Waals surface area contributed by atoms with Crippen molar-refractivity contribution >= 4 is 28.1 Å². The number of thiazole rings is 1. The van der Waals surface area contributed by atoms with E-state index in [0.717, 1.165) is 22.5 Å². The number of aromatic nitrogens is 3. The molecule has 0 fully saturated rings. The Hall–Kier alpha value is -3.63. The van der Waals surface area contributed by atoms with Crippen LogP contribution in [0.25, 0.3) is 10.9 Å². The molecular weight excluding hydrogens is 384 g/mol. The van der Waals surface area contributed by atoms with E-state index in [1.807, 2.05) is 53.9 Å². The highest BCUT2D eigenvalue weighted by Gasteiger charge is 2.04. The molecule has 0 bridgehead atoms. The molecule has 6 nitrogen and oxygen atoms in total. The number of anilines is 1. The number of nitrogens with zero attached hydrogens (tertiary/aromatic N) is 3. The molecule has 0 spiro atoms. The van der Waals surface area contributed by atoms with Crippen LogP contribution in [0.2, 0.25) is 0 Å². The second kappa shape index (κ2) is 9.04. The topological polar surface area (TPSA) is 69.2 Å². The molecule has 0 saturated carbocycles. The van der Waals surface area contributed by atoms with Gasteiger partial charge < -0.3 is 14.8 Å². The van der Waals surface area contributed by atoms with Crippen molar-refractivity contribution in [3.63, 3.8) is 0 Å². The van der Waals surface area contributed by atoms with E-state index in [1.165, 1.54) is 11.3 Å². The van der Waals surface area contributed by atoms with Crippen LogP contribution in [-0.2, 0) is 0 Å². The van der Waals surface area contributed by atoms with Gasteiger partial charge in [-0.2, -0.15) is 4.98 Å². The zero-order valence-corrected chi connectivity index (χ0v) is 16.6. The van der Waals surface area contributed by atoms with Gasteiger partial charge in [0.15, 0.2) is 0 Å². The van der Waals surface area contributed by atoms with Gasteiger partial charge in [0.2, 0.25) is 0 Å². The lowest BCUT2D eigenvalue weighted by Crippen LogP contribution is -2.03. The quantitative estimate of drug-likeness (QED) is 0.371. The largest absolute Gasteiger partial charge is 0.497 e. The fraction of sp³-hybridized carbons (Fsp3) is 0.136. The van der Waals surface area contributed by atoms with Gasteiger partial charge in [-0.1, -0.05) is 29.4 Å². The summed E-state index contributed by atoms with van der Waals surface area (Å²) in [5.74, 6) is 8.51. The monoisotopic (exact) mass is 402 g/mol. The third kappa shape index (κ3) is 4.81. The molecule has 0 unspecified atom stereocenters. The molecule has 144 valence electrons. The SMILES string of the molecule is COc1ccc(Oc2nc(C#CCCNc3ncnc4ccccc34)cs2)cc1. The maximum Gasteiger partial charge on any atom is 0.279 e. The summed E-state index contributed by atoms with van der Waals surface area (Å²) in [5.41, 5.74) is 1.62. The van der Waals surface area contributed by atoms with Crippen molar-refractivity contribution in [2.75, 3.05) is 19.0 Å². The Kier molecular flexibility index (Phi) is 5.84. The lowest BCUT2D eigenvalue weighted by atomic mass is 10.2. The van der Waals surface area contributed by atoms with Crippen molar-refractivity contribution in [1.82, 2.24) is 15.0 Å². The maximum absolute atomic E-state index is 5.74. The first-order chi connectivity index (χ1) is 14.3. The van der Waals surface area contributed by atoms with Crippen molar-refractivity contribution in [3.05, 3.63) is 65.9 Å². The Morgan fingerprint density at radius 3 is 2.72 bits per heavy atom. The Morgan fingerprint density at radius 1 is 1.03 bits per heavy atom. The van der Waals surface area contributed by atoms with Gasteiger partial charge in [-0.3, -0.25) is 0 Å². The van der Waals surface area contributed by atoms with E-state index in [-0.39, 0.29) is 0 Å². The van der Waals surface area contributed by atoms with Gasteiger partial charge >= 0.3 is 0 Å². The molecule has 2 heterocycles. The van der Waals surface area contributed by atoms with Gasteiger partial charge in [-0.25, -0.2) is 9.97 Å². The fourth-order valence-corrected chi connectivity index (χ4v) is 3.27. The zero-order chi connectivity index (χ0) is 19.9. The van der Waals surface area contributed by atoms with Gasteiger partial charge in [0.25, 0.3) is 5.19 Å². The zero-order valence-electron chi connectivity index (χ0n) is 15.8. The van der Waals surface area contributed by atoms with E-state index in [2.05, 4.69) is 32.1 Å². The minimum Gasteiger partial charge on any atom is -0.497 e. The highest BCUT2D eigenvalue weighted by molar-refractivity contribution is 7.11. The summed E-state index contributed by atoms with van der Waals surface area (Å²) in [6.45, 7) is 0.688. The van der Waals surface area contributed by atoms with E-state index in [0.29, 0.717) is 29.6 Å². The molecule has 2 aromatic heterocycles. The van der Waals surface area contributed by atoms with E-state index >= 15 is 0 Å². The number of hydrogen-bond acceptors (Lipinski definition) is 7. The molecule has 0 aliphatic carbocycles. The van der Waals surface area contributed by atoms with Crippen molar-refractivity contribution in [2.24, 2.45) is 0 Å². The van der Waals surface area contributed by atoms with E-state index < -0.39 is 0 Å². The summed E-state index contributed by atoms with van der Waals surface area (Å²) in [6, 6.07) is 15.3. The third-order valence-corrected chi connectivity index (χ3v) is 4.77. The second-order valence-corrected chi connectivity index (χ2v) is 6.81. The molecule has 0 radical (unpaired) electrons. The minimum atomic E-state index is 0.560. The third-order valence-electron chi connectivity index (χ3n) is 4.05. The van der Waals surface area contributed by atoms with E-state index in [1.54, 1.807) is 13.4 Å². The van der Waals surface area contributed by atoms with Crippen LogP contribution in [0.3, 0.4) is 0 Å². The summed E-state index contributed by atoms with van der Waals surface area (Å²) >= 11 is 1.42. The number of benzene rings is 2. The first-order valence-corrected chi connectivity index (χ1v) is 9.90. The van der Waals surface area contributed by atoms with Crippen LogP contribution in [0.5, 0.6) is 16.7 Å².